The number of nitrogens with zero attached hydrogens (tertiary/aromatic N) is 1. The molecule has 2 aromatic carbocycles. The fraction of sp³-hybridized carbons (Fsp3) is 0.273. The van der Waals surface area contributed by atoms with E-state index in [2.05, 4.69) is 11.9 Å². The van der Waals surface area contributed by atoms with Gasteiger partial charge in [-0.05, 0) is 18.4 Å². The third-order valence-corrected chi connectivity index (χ3v) is 5.00. The first kappa shape index (κ1) is 21.2. The molecule has 0 saturated carbocycles. The second-order valence-electron chi connectivity index (χ2n) is 6.97. The number of nitro benzene ring substituents is 1. The van der Waals surface area contributed by atoms with Gasteiger partial charge in [0.25, 0.3) is 5.69 Å². The number of benzene rings is 2. The smallest absolute Gasteiger partial charge is 0.346 e. The Balaban J connectivity index is 1.64. The molecule has 30 heavy (non-hydrogen) atoms. The highest BCUT2D eigenvalue weighted by Crippen LogP contribution is 2.26. The van der Waals surface area contributed by atoms with Crippen LogP contribution in [-0.2, 0) is 32.2 Å². The Kier molecular flexibility index (Phi) is 6.92. The predicted octanol–water partition coefficient (Wildman–Crippen LogP) is 2.91. The molecule has 0 spiro atoms. The predicted molar refractivity (Wildman–Crippen MR) is 108 cm³/mol. The topological polar surface area (TPSA) is 108 Å². The lowest BCUT2D eigenvalue weighted by molar-refractivity contribution is -0.385. The Bertz CT molecular complexity index is 930. The maximum atomic E-state index is 12.2. The van der Waals surface area contributed by atoms with Crippen LogP contribution in [-0.4, -0.2) is 28.9 Å². The van der Waals surface area contributed by atoms with Crippen molar-refractivity contribution in [3.63, 3.8) is 0 Å². The fourth-order valence-electron chi connectivity index (χ4n) is 3.40. The van der Waals surface area contributed by atoms with E-state index >= 15 is 0 Å². The molecule has 1 N–H and O–H groups in total. The number of para-hydroxylation sites is 1. The van der Waals surface area contributed by atoms with Crippen LogP contribution in [0.25, 0.3) is 0 Å². The SMILES string of the molecule is C=C[C@@H]1NC(=O)[C@@H]1[C@@H](CCc1ccccc1)OOC(=O)Cc1ccccc1[N+](=O)[O-]. The van der Waals surface area contributed by atoms with Gasteiger partial charge in [-0.2, -0.15) is 4.89 Å². The van der Waals surface area contributed by atoms with Gasteiger partial charge in [0.15, 0.2) is 0 Å². The average molecular weight is 410 g/mol. The number of carbonyl (C=O) groups excluding carboxylic acids is 2. The third kappa shape index (κ3) is 5.09. The fourth-order valence-corrected chi connectivity index (χ4v) is 3.40. The monoisotopic (exact) mass is 410 g/mol. The molecule has 3 rings (SSSR count). The zero-order valence-corrected chi connectivity index (χ0v) is 16.2. The molecule has 0 unspecified atom stereocenters. The van der Waals surface area contributed by atoms with Gasteiger partial charge in [-0.1, -0.05) is 54.6 Å². The molecule has 0 bridgehead atoms. The van der Waals surface area contributed by atoms with Crippen LogP contribution in [0.4, 0.5) is 5.69 Å². The van der Waals surface area contributed by atoms with Crippen molar-refractivity contribution in [1.29, 1.82) is 0 Å². The van der Waals surface area contributed by atoms with Crippen LogP contribution in [0.5, 0.6) is 0 Å². The van der Waals surface area contributed by atoms with Crippen molar-refractivity contribution >= 4 is 17.6 Å². The Labute approximate surface area is 173 Å². The van der Waals surface area contributed by atoms with Crippen LogP contribution >= 0.6 is 0 Å². The lowest BCUT2D eigenvalue weighted by Gasteiger charge is -2.38. The van der Waals surface area contributed by atoms with E-state index in [1.54, 1.807) is 12.1 Å². The molecule has 1 aliphatic heterocycles. The van der Waals surface area contributed by atoms with Crippen LogP contribution in [0.15, 0.2) is 67.3 Å². The molecule has 0 aromatic heterocycles. The third-order valence-electron chi connectivity index (χ3n) is 5.00. The summed E-state index contributed by atoms with van der Waals surface area (Å²) >= 11 is 0. The van der Waals surface area contributed by atoms with Crippen LogP contribution in [0.2, 0.25) is 0 Å². The van der Waals surface area contributed by atoms with E-state index in [0.717, 1.165) is 5.56 Å². The minimum atomic E-state index is -0.774. The Hall–Kier alpha value is -3.52. The van der Waals surface area contributed by atoms with E-state index in [1.165, 1.54) is 18.2 Å². The number of aryl methyl sites for hydroxylation is 1. The first-order valence-electron chi connectivity index (χ1n) is 9.55. The Morgan fingerprint density at radius 3 is 2.57 bits per heavy atom. The van der Waals surface area contributed by atoms with Gasteiger partial charge in [-0.3, -0.25) is 19.8 Å². The summed E-state index contributed by atoms with van der Waals surface area (Å²) in [4.78, 5) is 45.2. The molecule has 1 heterocycles. The molecule has 3 atom stereocenters. The van der Waals surface area contributed by atoms with E-state index in [-0.39, 0.29) is 29.6 Å². The van der Waals surface area contributed by atoms with Gasteiger partial charge in [-0.15, -0.1) is 6.58 Å². The van der Waals surface area contributed by atoms with Crippen LogP contribution in [0.1, 0.15) is 17.5 Å². The summed E-state index contributed by atoms with van der Waals surface area (Å²) < 4.78 is 0. The number of rotatable bonds is 10. The van der Waals surface area contributed by atoms with Crippen molar-refractivity contribution in [3.8, 4) is 0 Å². The number of amides is 1. The van der Waals surface area contributed by atoms with Crippen molar-refractivity contribution in [1.82, 2.24) is 5.32 Å². The number of hydrogen-bond donors (Lipinski definition) is 1. The number of β-lactam (4-membered cyclic amide) rings is 1. The summed E-state index contributed by atoms with van der Waals surface area (Å²) in [6.45, 7) is 3.70. The van der Waals surface area contributed by atoms with E-state index < -0.39 is 22.9 Å². The van der Waals surface area contributed by atoms with Gasteiger partial charge < -0.3 is 5.32 Å². The minimum Gasteiger partial charge on any atom is -0.349 e. The molecule has 0 aliphatic carbocycles. The maximum Gasteiger partial charge on any atom is 0.346 e. The lowest BCUT2D eigenvalue weighted by atomic mass is 9.83. The number of carbonyl (C=O) groups is 2. The van der Waals surface area contributed by atoms with Crippen molar-refractivity contribution < 1.29 is 24.3 Å². The largest absolute Gasteiger partial charge is 0.349 e. The highest BCUT2D eigenvalue weighted by Gasteiger charge is 2.44. The van der Waals surface area contributed by atoms with Crippen LogP contribution < -0.4 is 5.32 Å². The molecule has 8 heteroatoms. The van der Waals surface area contributed by atoms with Gasteiger partial charge in [0.1, 0.15) is 6.10 Å². The van der Waals surface area contributed by atoms with Gasteiger partial charge in [0.2, 0.25) is 5.91 Å². The van der Waals surface area contributed by atoms with Crippen LogP contribution in [0, 0.1) is 16.0 Å². The first-order chi connectivity index (χ1) is 14.5. The summed E-state index contributed by atoms with van der Waals surface area (Å²) in [6.07, 6.45) is 1.70. The van der Waals surface area contributed by atoms with E-state index in [4.69, 9.17) is 9.78 Å². The normalized spacial score (nSPS) is 18.6. The van der Waals surface area contributed by atoms with E-state index in [9.17, 15) is 19.7 Å². The molecule has 1 amide bonds. The molecule has 0 radical (unpaired) electrons. The Morgan fingerprint density at radius 2 is 1.90 bits per heavy atom. The van der Waals surface area contributed by atoms with Crippen molar-refractivity contribution in [2.45, 2.75) is 31.4 Å². The summed E-state index contributed by atoms with van der Waals surface area (Å²) in [6, 6.07) is 15.3. The second-order valence-corrected chi connectivity index (χ2v) is 6.97. The lowest BCUT2D eigenvalue weighted by Crippen LogP contribution is -2.61. The number of hydrogen-bond acceptors (Lipinski definition) is 6. The van der Waals surface area contributed by atoms with Crippen molar-refractivity contribution in [3.05, 3.63) is 88.5 Å². The van der Waals surface area contributed by atoms with E-state index in [1.807, 2.05) is 30.3 Å². The zero-order chi connectivity index (χ0) is 21.5. The summed E-state index contributed by atoms with van der Waals surface area (Å²) in [5.74, 6) is -1.50. The summed E-state index contributed by atoms with van der Waals surface area (Å²) in [5, 5.41) is 13.8. The Morgan fingerprint density at radius 1 is 1.20 bits per heavy atom. The summed E-state index contributed by atoms with van der Waals surface area (Å²) in [5.41, 5.74) is 1.12. The average Bonchev–Trinajstić information content (AvgIpc) is 2.74. The van der Waals surface area contributed by atoms with Crippen molar-refractivity contribution in [2.75, 3.05) is 0 Å². The van der Waals surface area contributed by atoms with Gasteiger partial charge in [0.05, 0.1) is 23.3 Å². The van der Waals surface area contributed by atoms with Gasteiger partial charge >= 0.3 is 5.97 Å². The van der Waals surface area contributed by atoms with E-state index in [0.29, 0.717) is 12.8 Å². The quantitative estimate of drug-likeness (QED) is 0.212. The number of nitrogens with one attached hydrogen (secondary N) is 1. The minimum absolute atomic E-state index is 0.167. The molecule has 1 saturated heterocycles. The molecule has 1 fully saturated rings. The van der Waals surface area contributed by atoms with Gasteiger partial charge in [0, 0.05) is 11.6 Å². The van der Waals surface area contributed by atoms with Crippen LogP contribution in [0.3, 0.4) is 0 Å². The number of nitro groups is 1. The molecule has 2 aromatic rings. The summed E-state index contributed by atoms with van der Waals surface area (Å²) in [7, 11) is 0. The maximum absolute atomic E-state index is 12.2. The molecule has 1 aliphatic rings. The molecular weight excluding hydrogens is 388 g/mol. The molecular formula is C22H22N2O6. The second kappa shape index (κ2) is 9.80. The highest BCUT2D eigenvalue weighted by atomic mass is 17.2. The van der Waals surface area contributed by atoms with Gasteiger partial charge in [-0.25, -0.2) is 4.79 Å². The van der Waals surface area contributed by atoms with Crippen molar-refractivity contribution in [2.24, 2.45) is 5.92 Å². The zero-order valence-electron chi connectivity index (χ0n) is 16.2. The highest BCUT2D eigenvalue weighted by molar-refractivity contribution is 5.87. The molecule has 8 nitrogen and oxygen atoms in total. The standard InChI is InChI=1S/C22H22N2O6/c1-2-17-21(22(26)23-17)19(13-12-15-8-4-3-5-9-15)29-30-20(25)14-16-10-6-7-11-18(16)24(27)28/h2-11,17,19,21H,1,12-14H2,(H,23,26)/t17-,19+,21-/m0/s1. The molecule has 156 valence electrons. The first-order valence-corrected chi connectivity index (χ1v) is 9.55.